The van der Waals surface area contributed by atoms with Crippen LogP contribution in [0.3, 0.4) is 0 Å². The highest BCUT2D eigenvalue weighted by atomic mass is 79.9. The Labute approximate surface area is 91.5 Å². The second-order valence-corrected chi connectivity index (χ2v) is 6.23. The second-order valence-electron chi connectivity index (χ2n) is 2.69. The van der Waals surface area contributed by atoms with Crippen molar-refractivity contribution in [2.45, 2.75) is 17.3 Å². The van der Waals surface area contributed by atoms with Gasteiger partial charge in [0.2, 0.25) is 0 Å². The molecule has 1 nitrogen and oxygen atoms in total. The molecule has 0 fully saturated rings. The molecule has 11 heavy (non-hydrogen) atoms. The van der Waals surface area contributed by atoms with Crippen LogP contribution < -0.4 is 5.73 Å². The lowest BCUT2D eigenvalue weighted by Crippen LogP contribution is -2.40. The molecule has 2 atom stereocenters. The van der Waals surface area contributed by atoms with E-state index in [9.17, 15) is 0 Å². The third-order valence-corrected chi connectivity index (χ3v) is 3.50. The number of hydrogen-bond acceptors (Lipinski definition) is 1. The smallest absolute Gasteiger partial charge is 0.0619 e. The molecule has 1 aliphatic rings. The Bertz CT molecular complexity index is 230. The Morgan fingerprint density at radius 1 is 1.55 bits per heavy atom. The Kier molecular flexibility index (Phi) is 3.01. The number of halogens is 3. The number of hydrogen-bond donors (Lipinski definition) is 1. The van der Waals surface area contributed by atoms with Gasteiger partial charge in [0.05, 0.1) is 10.4 Å². The lowest BCUT2D eigenvalue weighted by atomic mass is 9.98. The van der Waals surface area contributed by atoms with Gasteiger partial charge in [0, 0.05) is 8.96 Å². The normalized spacial score (nSPS) is 38.1. The molecule has 0 aromatic heterocycles. The largest absolute Gasteiger partial charge is 0.322 e. The minimum absolute atomic E-state index is 0.0104. The predicted octanol–water partition coefficient (Wildman–Crippen LogP) is 3.04. The number of nitrogens with two attached hydrogens (primary N) is 1. The van der Waals surface area contributed by atoms with Crippen molar-refractivity contribution >= 4 is 47.8 Å². The maximum atomic E-state index is 5.89. The molecule has 0 amide bonds. The molecule has 0 aromatic rings. The van der Waals surface area contributed by atoms with E-state index in [0.29, 0.717) is 0 Å². The molecule has 0 heterocycles. The molecule has 0 saturated heterocycles. The van der Waals surface area contributed by atoms with Gasteiger partial charge in [-0.15, -0.1) is 0 Å². The zero-order valence-corrected chi connectivity index (χ0v) is 10.7. The van der Waals surface area contributed by atoms with Crippen molar-refractivity contribution in [2.75, 3.05) is 0 Å². The van der Waals surface area contributed by atoms with Gasteiger partial charge in [0.15, 0.2) is 0 Å². The Morgan fingerprint density at radius 2 is 2.09 bits per heavy atom. The van der Waals surface area contributed by atoms with Crippen LogP contribution >= 0.6 is 47.8 Å². The van der Waals surface area contributed by atoms with Gasteiger partial charge in [-0.25, -0.2) is 0 Å². The molecule has 1 rings (SSSR count). The van der Waals surface area contributed by atoms with Gasteiger partial charge < -0.3 is 5.73 Å². The highest BCUT2D eigenvalue weighted by Crippen LogP contribution is 2.36. The summed E-state index contributed by atoms with van der Waals surface area (Å²) in [6, 6.07) is -0.0104. The van der Waals surface area contributed by atoms with Gasteiger partial charge >= 0.3 is 0 Å². The Hall–Kier alpha value is 0.880. The maximum absolute atomic E-state index is 5.89. The highest BCUT2D eigenvalue weighted by molar-refractivity contribution is 9.12. The summed E-state index contributed by atoms with van der Waals surface area (Å²) in [5.41, 5.74) is 5.89. The highest BCUT2D eigenvalue weighted by Gasteiger charge is 2.31. The topological polar surface area (TPSA) is 26.0 Å². The first-order chi connectivity index (χ1) is 4.93. The lowest BCUT2D eigenvalue weighted by Gasteiger charge is -2.29. The molecule has 0 radical (unpaired) electrons. The molecule has 0 aromatic carbocycles. The minimum Gasteiger partial charge on any atom is -0.322 e. The summed E-state index contributed by atoms with van der Waals surface area (Å²) in [6.45, 7) is 2.03. The van der Waals surface area contributed by atoms with Crippen molar-refractivity contribution in [3.63, 3.8) is 0 Å². The molecular weight excluding hydrogens is 338 g/mol. The zero-order valence-electron chi connectivity index (χ0n) is 5.94. The SMILES string of the molecule is CC1(Br)C=C(Br)C=C(Br)C1N. The molecule has 62 valence electrons. The lowest BCUT2D eigenvalue weighted by molar-refractivity contribution is 0.680. The van der Waals surface area contributed by atoms with Crippen LogP contribution in [0.15, 0.2) is 21.1 Å². The number of rotatable bonds is 0. The average Bonchev–Trinajstić information content (AvgIpc) is 1.81. The fourth-order valence-corrected chi connectivity index (χ4v) is 3.75. The van der Waals surface area contributed by atoms with E-state index in [0.717, 1.165) is 8.96 Å². The van der Waals surface area contributed by atoms with E-state index in [1.165, 1.54) is 0 Å². The summed E-state index contributed by atoms with van der Waals surface area (Å²) in [5, 5.41) is 0. The van der Waals surface area contributed by atoms with Gasteiger partial charge in [-0.05, 0) is 13.0 Å². The number of alkyl halides is 1. The Balaban J connectivity index is 3.01. The summed E-state index contributed by atoms with van der Waals surface area (Å²) in [5.74, 6) is 0. The molecule has 0 aliphatic heterocycles. The van der Waals surface area contributed by atoms with Crippen LogP contribution in [0.4, 0.5) is 0 Å². The van der Waals surface area contributed by atoms with E-state index in [-0.39, 0.29) is 10.4 Å². The fourth-order valence-electron chi connectivity index (χ4n) is 0.892. The summed E-state index contributed by atoms with van der Waals surface area (Å²) in [4.78, 5) is 0. The summed E-state index contributed by atoms with van der Waals surface area (Å²) < 4.78 is 1.90. The quantitative estimate of drug-likeness (QED) is 0.671. The monoisotopic (exact) mass is 343 g/mol. The summed E-state index contributed by atoms with van der Waals surface area (Å²) >= 11 is 10.3. The minimum atomic E-state index is -0.153. The van der Waals surface area contributed by atoms with Crippen molar-refractivity contribution in [3.05, 3.63) is 21.1 Å². The van der Waals surface area contributed by atoms with E-state index in [4.69, 9.17) is 5.73 Å². The van der Waals surface area contributed by atoms with E-state index >= 15 is 0 Å². The third-order valence-electron chi connectivity index (χ3n) is 1.60. The van der Waals surface area contributed by atoms with Crippen LogP contribution in [-0.2, 0) is 0 Å². The predicted molar refractivity (Wildman–Crippen MR) is 59.3 cm³/mol. The van der Waals surface area contributed by atoms with Gasteiger partial charge in [0.25, 0.3) is 0 Å². The van der Waals surface area contributed by atoms with Crippen LogP contribution in [0.2, 0.25) is 0 Å². The molecule has 0 bridgehead atoms. The molecule has 0 spiro atoms. The maximum Gasteiger partial charge on any atom is 0.0619 e. The van der Waals surface area contributed by atoms with E-state index in [2.05, 4.69) is 47.8 Å². The van der Waals surface area contributed by atoms with Crippen molar-refractivity contribution in [1.29, 1.82) is 0 Å². The van der Waals surface area contributed by atoms with Gasteiger partial charge in [-0.1, -0.05) is 53.9 Å². The van der Waals surface area contributed by atoms with Crippen molar-refractivity contribution in [1.82, 2.24) is 0 Å². The van der Waals surface area contributed by atoms with E-state index in [1.807, 2.05) is 19.1 Å². The molecule has 4 heteroatoms. The average molecular weight is 346 g/mol. The van der Waals surface area contributed by atoms with Crippen molar-refractivity contribution in [2.24, 2.45) is 5.73 Å². The van der Waals surface area contributed by atoms with Gasteiger partial charge in [-0.3, -0.25) is 0 Å². The van der Waals surface area contributed by atoms with Gasteiger partial charge in [0.1, 0.15) is 0 Å². The van der Waals surface area contributed by atoms with Gasteiger partial charge in [-0.2, -0.15) is 0 Å². The first-order valence-corrected chi connectivity index (χ1v) is 5.51. The van der Waals surface area contributed by atoms with Crippen LogP contribution in [0.25, 0.3) is 0 Å². The van der Waals surface area contributed by atoms with Crippen molar-refractivity contribution in [3.8, 4) is 0 Å². The summed E-state index contributed by atoms with van der Waals surface area (Å²) in [6.07, 6.45) is 4.01. The van der Waals surface area contributed by atoms with Crippen LogP contribution in [0.1, 0.15) is 6.92 Å². The second kappa shape index (κ2) is 3.32. The summed E-state index contributed by atoms with van der Waals surface area (Å²) in [7, 11) is 0. The van der Waals surface area contributed by atoms with Crippen molar-refractivity contribution < 1.29 is 0 Å². The van der Waals surface area contributed by atoms with Crippen LogP contribution in [0.5, 0.6) is 0 Å². The van der Waals surface area contributed by atoms with E-state index in [1.54, 1.807) is 0 Å². The fraction of sp³-hybridized carbons (Fsp3) is 0.429. The van der Waals surface area contributed by atoms with E-state index < -0.39 is 0 Å². The Morgan fingerprint density at radius 3 is 2.55 bits per heavy atom. The molecular formula is C7H8Br3N. The standard InChI is InChI=1S/C7H8Br3N/c1-7(10)3-4(8)2-5(9)6(7)11/h2-3,6H,11H2,1H3. The van der Waals surface area contributed by atoms with Crippen LogP contribution in [0, 0.1) is 0 Å². The molecule has 2 unspecified atom stereocenters. The number of allylic oxidation sites excluding steroid dienone is 2. The third kappa shape index (κ3) is 2.17. The zero-order chi connectivity index (χ0) is 8.65. The first-order valence-electron chi connectivity index (χ1n) is 3.13. The molecule has 1 aliphatic carbocycles. The first kappa shape index (κ1) is 9.96. The van der Waals surface area contributed by atoms with Crippen LogP contribution in [-0.4, -0.2) is 10.4 Å². The molecule has 0 saturated carbocycles. The molecule has 2 N–H and O–H groups in total.